The molecule has 1 unspecified atom stereocenters. The lowest BCUT2D eigenvalue weighted by atomic mass is 9.75. The second kappa shape index (κ2) is 5.88. The molecule has 2 rings (SSSR count). The molecule has 0 radical (unpaired) electrons. The van der Waals surface area contributed by atoms with Gasteiger partial charge in [-0.05, 0) is 29.0 Å². The number of hydrogen-bond donors (Lipinski definition) is 2. The molecule has 0 saturated heterocycles. The van der Waals surface area contributed by atoms with Gasteiger partial charge in [-0.3, -0.25) is 14.9 Å². The zero-order valence-corrected chi connectivity index (χ0v) is 12.9. The minimum absolute atomic E-state index is 0.0188. The highest BCUT2D eigenvalue weighted by molar-refractivity contribution is 5.86. The number of carboxylic acid groups (broad SMARTS) is 1. The summed E-state index contributed by atoms with van der Waals surface area (Å²) in [5.74, 6) is -0.958. The van der Waals surface area contributed by atoms with Gasteiger partial charge in [-0.15, -0.1) is 0 Å². The number of carbonyl (C=O) groups is 1. The molecule has 2 N–H and O–H groups in total. The van der Waals surface area contributed by atoms with Crippen molar-refractivity contribution < 1.29 is 14.8 Å². The van der Waals surface area contributed by atoms with E-state index >= 15 is 0 Å². The lowest BCUT2D eigenvalue weighted by Gasteiger charge is -2.35. The highest BCUT2D eigenvalue weighted by Gasteiger charge is 2.37. The summed E-state index contributed by atoms with van der Waals surface area (Å²) in [6.45, 7) is 6.28. The first-order chi connectivity index (χ1) is 10.2. The van der Waals surface area contributed by atoms with Crippen molar-refractivity contribution in [3.8, 4) is 0 Å². The van der Waals surface area contributed by atoms with Crippen molar-refractivity contribution >= 4 is 17.2 Å². The van der Waals surface area contributed by atoms with E-state index in [-0.39, 0.29) is 5.69 Å². The molecule has 1 heterocycles. The largest absolute Gasteiger partial charge is 0.480 e. The van der Waals surface area contributed by atoms with Crippen molar-refractivity contribution in [1.29, 1.82) is 0 Å². The molecule has 1 aliphatic heterocycles. The van der Waals surface area contributed by atoms with Crippen LogP contribution in [0.4, 0.5) is 5.69 Å². The van der Waals surface area contributed by atoms with Crippen molar-refractivity contribution in [1.82, 2.24) is 5.32 Å². The lowest BCUT2D eigenvalue weighted by molar-refractivity contribution is -0.385. The van der Waals surface area contributed by atoms with Crippen LogP contribution in [-0.2, 0) is 4.79 Å². The van der Waals surface area contributed by atoms with E-state index in [0.29, 0.717) is 24.1 Å². The van der Waals surface area contributed by atoms with Crippen LogP contribution in [0.1, 0.15) is 32.8 Å². The highest BCUT2D eigenvalue weighted by Crippen LogP contribution is 2.41. The van der Waals surface area contributed by atoms with Crippen LogP contribution in [0.25, 0.3) is 5.57 Å². The van der Waals surface area contributed by atoms with Gasteiger partial charge in [-0.1, -0.05) is 32.9 Å². The third-order valence-electron chi connectivity index (χ3n) is 3.82. The number of nitrogens with one attached hydrogen (secondary N) is 1. The van der Waals surface area contributed by atoms with Gasteiger partial charge in [0.05, 0.1) is 10.5 Å². The maximum Gasteiger partial charge on any atom is 0.325 e. The molecule has 0 fully saturated rings. The van der Waals surface area contributed by atoms with Gasteiger partial charge >= 0.3 is 5.97 Å². The number of rotatable bonds is 3. The Kier molecular flexibility index (Phi) is 4.32. The van der Waals surface area contributed by atoms with Crippen molar-refractivity contribution in [2.75, 3.05) is 6.54 Å². The Balaban J connectivity index is 2.73. The standard InChI is InChI=1S/C16H20N2O4/c1-16(2,3)13-11(8-9-17-14(13)15(19)20)10-6-4-5-7-12(10)18(21)22/h4-7,14,17H,8-9H2,1-3H3,(H,19,20). The minimum atomic E-state index is -0.958. The molecular formula is C16H20N2O4. The average Bonchev–Trinajstić information content (AvgIpc) is 2.45. The van der Waals surface area contributed by atoms with E-state index in [1.165, 1.54) is 6.07 Å². The normalized spacial score (nSPS) is 19.1. The number of hydrogen-bond acceptors (Lipinski definition) is 4. The summed E-state index contributed by atoms with van der Waals surface area (Å²) in [6.07, 6.45) is 0.571. The van der Waals surface area contributed by atoms with Crippen LogP contribution >= 0.6 is 0 Å². The van der Waals surface area contributed by atoms with Crippen molar-refractivity contribution in [3.05, 3.63) is 45.5 Å². The van der Waals surface area contributed by atoms with Crippen LogP contribution in [0.5, 0.6) is 0 Å². The molecule has 6 nitrogen and oxygen atoms in total. The van der Waals surface area contributed by atoms with Gasteiger partial charge in [0.1, 0.15) is 6.04 Å². The SMILES string of the molecule is CC(C)(C)C1=C(c2ccccc2[N+](=O)[O-])CCNC1C(=O)O. The molecule has 1 atom stereocenters. The summed E-state index contributed by atoms with van der Waals surface area (Å²) < 4.78 is 0. The van der Waals surface area contributed by atoms with E-state index < -0.39 is 22.3 Å². The predicted molar refractivity (Wildman–Crippen MR) is 83.5 cm³/mol. The fourth-order valence-electron chi connectivity index (χ4n) is 3.02. The zero-order valence-electron chi connectivity index (χ0n) is 12.9. The third-order valence-corrected chi connectivity index (χ3v) is 3.82. The summed E-state index contributed by atoms with van der Waals surface area (Å²) in [6, 6.07) is 5.70. The summed E-state index contributed by atoms with van der Waals surface area (Å²) in [4.78, 5) is 22.4. The maximum absolute atomic E-state index is 11.6. The zero-order chi connectivity index (χ0) is 16.5. The average molecular weight is 304 g/mol. The molecule has 118 valence electrons. The monoisotopic (exact) mass is 304 g/mol. The molecule has 0 amide bonds. The molecular weight excluding hydrogens is 284 g/mol. The molecule has 1 aromatic carbocycles. The van der Waals surface area contributed by atoms with E-state index in [1.54, 1.807) is 18.2 Å². The van der Waals surface area contributed by atoms with Crippen LogP contribution in [-0.4, -0.2) is 28.6 Å². The number of para-hydroxylation sites is 1. The Morgan fingerprint density at radius 1 is 1.36 bits per heavy atom. The van der Waals surface area contributed by atoms with E-state index in [1.807, 2.05) is 20.8 Å². The smallest absolute Gasteiger partial charge is 0.325 e. The first-order valence-corrected chi connectivity index (χ1v) is 7.17. The van der Waals surface area contributed by atoms with Crippen molar-refractivity contribution in [3.63, 3.8) is 0 Å². The molecule has 22 heavy (non-hydrogen) atoms. The predicted octanol–water partition coefficient (Wildman–Crippen LogP) is 2.84. The van der Waals surface area contributed by atoms with Crippen LogP contribution in [0.15, 0.2) is 29.8 Å². The molecule has 1 aromatic rings. The van der Waals surface area contributed by atoms with E-state index in [4.69, 9.17) is 0 Å². The first-order valence-electron chi connectivity index (χ1n) is 7.17. The van der Waals surface area contributed by atoms with Gasteiger partial charge in [0.25, 0.3) is 5.69 Å². The fourth-order valence-corrected chi connectivity index (χ4v) is 3.02. The Morgan fingerprint density at radius 3 is 2.55 bits per heavy atom. The quantitative estimate of drug-likeness (QED) is 0.661. The summed E-state index contributed by atoms with van der Waals surface area (Å²) in [7, 11) is 0. The molecule has 0 aliphatic carbocycles. The summed E-state index contributed by atoms with van der Waals surface area (Å²) >= 11 is 0. The minimum Gasteiger partial charge on any atom is -0.480 e. The summed E-state index contributed by atoms with van der Waals surface area (Å²) in [5, 5.41) is 23.8. The Morgan fingerprint density at radius 2 is 2.00 bits per heavy atom. The number of nitro groups is 1. The van der Waals surface area contributed by atoms with Gasteiger partial charge in [0.15, 0.2) is 0 Å². The molecule has 0 aromatic heterocycles. The van der Waals surface area contributed by atoms with Crippen molar-refractivity contribution in [2.45, 2.75) is 33.2 Å². The van der Waals surface area contributed by atoms with Gasteiger partial charge < -0.3 is 10.4 Å². The molecule has 0 bridgehead atoms. The van der Waals surface area contributed by atoms with Gasteiger partial charge in [0.2, 0.25) is 0 Å². The number of benzene rings is 1. The number of aliphatic carboxylic acids is 1. The van der Waals surface area contributed by atoms with Crippen molar-refractivity contribution in [2.24, 2.45) is 5.41 Å². The molecule has 0 saturated carbocycles. The number of nitrogens with zero attached hydrogens (tertiary/aromatic N) is 1. The summed E-state index contributed by atoms with van der Waals surface area (Å²) in [5.41, 5.74) is 1.61. The van der Waals surface area contributed by atoms with E-state index in [2.05, 4.69) is 5.32 Å². The van der Waals surface area contributed by atoms with Gasteiger partial charge in [0, 0.05) is 12.6 Å². The van der Waals surface area contributed by atoms with Crippen LogP contribution in [0.2, 0.25) is 0 Å². The Bertz CT molecular complexity index is 644. The first kappa shape index (κ1) is 16.2. The topological polar surface area (TPSA) is 92.5 Å². The molecule has 6 heteroatoms. The Labute approximate surface area is 129 Å². The van der Waals surface area contributed by atoms with Crippen LogP contribution in [0, 0.1) is 15.5 Å². The van der Waals surface area contributed by atoms with Gasteiger partial charge in [-0.2, -0.15) is 0 Å². The lowest BCUT2D eigenvalue weighted by Crippen LogP contribution is -2.45. The highest BCUT2D eigenvalue weighted by atomic mass is 16.6. The van der Waals surface area contributed by atoms with E-state index in [9.17, 15) is 20.0 Å². The second-order valence-corrected chi connectivity index (χ2v) is 6.39. The fraction of sp³-hybridized carbons (Fsp3) is 0.438. The Hall–Kier alpha value is -2.21. The third kappa shape index (κ3) is 3.01. The number of carboxylic acids is 1. The second-order valence-electron chi connectivity index (χ2n) is 6.39. The number of nitro benzene ring substituents is 1. The molecule has 1 aliphatic rings. The maximum atomic E-state index is 11.6. The van der Waals surface area contributed by atoms with Crippen LogP contribution < -0.4 is 5.32 Å². The molecule has 0 spiro atoms. The van der Waals surface area contributed by atoms with Crippen LogP contribution in [0.3, 0.4) is 0 Å². The van der Waals surface area contributed by atoms with E-state index in [0.717, 1.165) is 5.57 Å². The van der Waals surface area contributed by atoms with Gasteiger partial charge in [-0.25, -0.2) is 0 Å².